The van der Waals surface area contributed by atoms with E-state index in [1.54, 1.807) is 0 Å². The second kappa shape index (κ2) is 13.3. The van der Waals surface area contributed by atoms with Gasteiger partial charge in [0, 0.05) is 12.6 Å². The van der Waals surface area contributed by atoms with Gasteiger partial charge in [0.15, 0.2) is 0 Å². The minimum atomic E-state index is 0.365. The molecular formula is C36H53NO. The maximum absolute atomic E-state index is 10.7. The zero-order chi connectivity index (χ0) is 27.1. The number of phenolic OH excluding ortho intramolecular Hbond substituents is 1. The molecule has 2 N–H and O–H groups in total. The number of rotatable bonds is 11. The topological polar surface area (TPSA) is 32.3 Å². The molecular weight excluding hydrogens is 462 g/mol. The Morgan fingerprint density at radius 2 is 1.76 bits per heavy atom. The van der Waals surface area contributed by atoms with Crippen molar-refractivity contribution in [3.63, 3.8) is 0 Å². The molecule has 38 heavy (non-hydrogen) atoms. The van der Waals surface area contributed by atoms with Crippen LogP contribution in [0.5, 0.6) is 5.75 Å². The summed E-state index contributed by atoms with van der Waals surface area (Å²) in [6, 6.07) is 15.7. The van der Waals surface area contributed by atoms with E-state index >= 15 is 0 Å². The van der Waals surface area contributed by atoms with Gasteiger partial charge in [-0.3, -0.25) is 0 Å². The Bertz CT molecular complexity index is 1060. The lowest BCUT2D eigenvalue weighted by Gasteiger charge is -2.43. The maximum Gasteiger partial charge on any atom is 0.116 e. The molecule has 0 heterocycles. The van der Waals surface area contributed by atoms with Crippen LogP contribution in [0.4, 0.5) is 0 Å². The van der Waals surface area contributed by atoms with E-state index in [4.69, 9.17) is 0 Å². The largest absolute Gasteiger partial charge is 0.508 e. The molecule has 0 bridgehead atoms. The lowest BCUT2D eigenvalue weighted by Crippen LogP contribution is -2.33. The molecule has 208 valence electrons. The van der Waals surface area contributed by atoms with Crippen LogP contribution in [0.2, 0.25) is 0 Å². The van der Waals surface area contributed by atoms with Gasteiger partial charge in [0.05, 0.1) is 0 Å². The van der Waals surface area contributed by atoms with E-state index in [-0.39, 0.29) is 0 Å². The molecule has 0 radical (unpaired) electrons. The Morgan fingerprint density at radius 1 is 1.00 bits per heavy atom. The molecule has 0 aromatic heterocycles. The summed E-state index contributed by atoms with van der Waals surface area (Å²) in [5.74, 6) is 3.48. The van der Waals surface area contributed by atoms with Crippen molar-refractivity contribution in [1.29, 1.82) is 0 Å². The predicted molar refractivity (Wildman–Crippen MR) is 163 cm³/mol. The third-order valence-electron chi connectivity index (χ3n) is 9.43. The number of allylic oxidation sites excluding steroid dienone is 2. The number of nitrogens with one attached hydrogen (secondary N) is 1. The molecule has 2 nitrogen and oxygen atoms in total. The van der Waals surface area contributed by atoms with Crippen LogP contribution in [0.15, 0.2) is 54.6 Å². The number of aromatic hydroxyl groups is 1. The highest BCUT2D eigenvalue weighted by Gasteiger charge is 2.37. The maximum atomic E-state index is 10.7. The molecule has 0 saturated heterocycles. The second-order valence-corrected chi connectivity index (χ2v) is 13.6. The van der Waals surface area contributed by atoms with Gasteiger partial charge >= 0.3 is 0 Å². The third kappa shape index (κ3) is 8.22. The summed E-state index contributed by atoms with van der Waals surface area (Å²) in [5.41, 5.74) is 5.62. The van der Waals surface area contributed by atoms with Crippen molar-refractivity contribution in [3.05, 3.63) is 76.9 Å². The first-order chi connectivity index (χ1) is 18.2. The van der Waals surface area contributed by atoms with Gasteiger partial charge in [0.25, 0.3) is 0 Å². The van der Waals surface area contributed by atoms with E-state index in [0.717, 1.165) is 43.1 Å². The molecule has 2 heteroatoms. The van der Waals surface area contributed by atoms with Crippen molar-refractivity contribution >= 4 is 0 Å². The molecule has 2 aromatic carbocycles. The summed E-state index contributed by atoms with van der Waals surface area (Å²) in [4.78, 5) is 0. The Kier molecular flexibility index (Phi) is 10.2. The molecule has 0 amide bonds. The van der Waals surface area contributed by atoms with Gasteiger partial charge in [-0.05, 0) is 122 Å². The minimum Gasteiger partial charge on any atom is -0.508 e. The van der Waals surface area contributed by atoms with Crippen LogP contribution >= 0.6 is 0 Å². The molecule has 1 fully saturated rings. The van der Waals surface area contributed by atoms with E-state index in [9.17, 15) is 5.11 Å². The lowest BCUT2D eigenvalue weighted by atomic mass is 9.61. The summed E-state index contributed by atoms with van der Waals surface area (Å²) < 4.78 is 0. The number of phenols is 1. The highest BCUT2D eigenvalue weighted by atomic mass is 16.3. The fourth-order valence-corrected chi connectivity index (χ4v) is 7.24. The molecule has 5 unspecified atom stereocenters. The molecule has 0 aliphatic heterocycles. The van der Waals surface area contributed by atoms with Gasteiger partial charge in [0.1, 0.15) is 5.75 Å². The molecule has 1 saturated carbocycles. The van der Waals surface area contributed by atoms with E-state index in [1.165, 1.54) is 73.6 Å². The van der Waals surface area contributed by atoms with Crippen LogP contribution in [0.25, 0.3) is 0 Å². The van der Waals surface area contributed by atoms with Crippen molar-refractivity contribution in [2.45, 2.75) is 111 Å². The summed E-state index contributed by atoms with van der Waals surface area (Å²) >= 11 is 0. The van der Waals surface area contributed by atoms with Crippen LogP contribution in [-0.4, -0.2) is 11.1 Å². The van der Waals surface area contributed by atoms with Crippen LogP contribution < -0.4 is 5.32 Å². The van der Waals surface area contributed by atoms with Gasteiger partial charge in [-0.25, -0.2) is 0 Å². The van der Waals surface area contributed by atoms with Gasteiger partial charge in [-0.15, -0.1) is 0 Å². The number of benzene rings is 2. The third-order valence-corrected chi connectivity index (χ3v) is 9.43. The molecule has 2 aliphatic rings. The highest BCUT2D eigenvalue weighted by molar-refractivity contribution is 5.39. The number of hydrogen-bond acceptors (Lipinski definition) is 2. The molecule has 4 rings (SSSR count). The lowest BCUT2D eigenvalue weighted by molar-refractivity contribution is 0.119. The highest BCUT2D eigenvalue weighted by Crippen LogP contribution is 2.48. The van der Waals surface area contributed by atoms with Crippen molar-refractivity contribution in [2.24, 2.45) is 29.1 Å². The van der Waals surface area contributed by atoms with Gasteiger partial charge in [-0.1, -0.05) is 83.0 Å². The van der Waals surface area contributed by atoms with Crippen LogP contribution in [0.1, 0.15) is 108 Å². The Labute approximate surface area is 233 Å². The average Bonchev–Trinajstić information content (AvgIpc) is 2.86. The predicted octanol–water partition coefficient (Wildman–Crippen LogP) is 9.24. The fraction of sp³-hybridized carbons (Fsp3) is 0.611. The first-order valence-electron chi connectivity index (χ1n) is 15.5. The summed E-state index contributed by atoms with van der Waals surface area (Å²) in [6.07, 6.45) is 17.4. The van der Waals surface area contributed by atoms with E-state index < -0.39 is 0 Å². The van der Waals surface area contributed by atoms with Gasteiger partial charge in [-0.2, -0.15) is 0 Å². The fourth-order valence-electron chi connectivity index (χ4n) is 7.24. The normalized spacial score (nSPS) is 26.5. The van der Waals surface area contributed by atoms with E-state index in [1.807, 2.05) is 12.1 Å². The molecule has 0 spiro atoms. The first-order valence-corrected chi connectivity index (χ1v) is 15.5. The summed E-state index contributed by atoms with van der Waals surface area (Å²) in [5, 5.41) is 14.4. The number of hydrogen-bond donors (Lipinski definition) is 2. The Morgan fingerprint density at radius 3 is 2.53 bits per heavy atom. The quantitative estimate of drug-likeness (QED) is 0.292. The second-order valence-electron chi connectivity index (χ2n) is 13.6. The standard InChI is InChI=1S/C36H53NO/c1-26(2)15-16-28(4)37-25-33-13-7-6-12-32(33)20-31-19-30(22-35(38)23-31)18-29-11-8-14-34(21-29)36(5)17-9-10-27(3)24-36/h6-7,9,12-13,17,19,22-23,26-29,34,37-38H,8,10-11,14-16,18,20-21,24-25H2,1-5H3. The Balaban J connectivity index is 1.40. The van der Waals surface area contributed by atoms with Crippen molar-refractivity contribution in [2.75, 3.05) is 0 Å². The minimum absolute atomic E-state index is 0.365. The zero-order valence-corrected chi connectivity index (χ0v) is 24.8. The van der Waals surface area contributed by atoms with Crippen molar-refractivity contribution < 1.29 is 5.11 Å². The molecule has 2 aromatic rings. The van der Waals surface area contributed by atoms with Crippen LogP contribution in [0, 0.1) is 29.1 Å². The summed E-state index contributed by atoms with van der Waals surface area (Å²) in [6.45, 7) is 12.7. The van der Waals surface area contributed by atoms with Crippen molar-refractivity contribution in [1.82, 2.24) is 5.32 Å². The first kappa shape index (κ1) is 28.9. The van der Waals surface area contributed by atoms with Gasteiger partial charge in [0.2, 0.25) is 0 Å². The molecule has 5 atom stereocenters. The average molecular weight is 516 g/mol. The SMILES string of the molecule is CC(C)CCC(C)NCc1ccccc1Cc1cc(O)cc(CC2CCCC(C3(C)C=CCC(C)C3)C2)c1. The monoisotopic (exact) mass is 515 g/mol. The van der Waals surface area contributed by atoms with E-state index in [2.05, 4.69) is 82.4 Å². The van der Waals surface area contributed by atoms with Crippen LogP contribution in [0.3, 0.4) is 0 Å². The van der Waals surface area contributed by atoms with E-state index in [0.29, 0.717) is 17.2 Å². The van der Waals surface area contributed by atoms with Crippen LogP contribution in [-0.2, 0) is 19.4 Å². The summed E-state index contributed by atoms with van der Waals surface area (Å²) in [7, 11) is 0. The van der Waals surface area contributed by atoms with Gasteiger partial charge < -0.3 is 10.4 Å². The smallest absolute Gasteiger partial charge is 0.116 e. The Hall–Kier alpha value is -2.06. The zero-order valence-electron chi connectivity index (χ0n) is 24.8. The molecule has 2 aliphatic carbocycles. The van der Waals surface area contributed by atoms with Crippen molar-refractivity contribution in [3.8, 4) is 5.75 Å².